The van der Waals surface area contributed by atoms with Crippen molar-refractivity contribution in [2.45, 2.75) is 156 Å². The van der Waals surface area contributed by atoms with Crippen LogP contribution in [0.5, 0.6) is 0 Å². The fourth-order valence-electron chi connectivity index (χ4n) is 17.4. The van der Waals surface area contributed by atoms with Crippen molar-refractivity contribution in [1.29, 1.82) is 0 Å². The molecule has 4 aromatic heterocycles. The molecule has 4 bridgehead atoms. The van der Waals surface area contributed by atoms with Crippen LogP contribution in [-0.4, -0.2) is 158 Å². The molecule has 4 aliphatic carbocycles. The van der Waals surface area contributed by atoms with Crippen molar-refractivity contribution >= 4 is 91.4 Å². The van der Waals surface area contributed by atoms with Crippen LogP contribution in [-0.2, 0) is 53.0 Å². The summed E-state index contributed by atoms with van der Waals surface area (Å²) in [5, 5.41) is 42.3. The molecule has 98 heavy (non-hydrogen) atoms. The number of primary amides is 1. The molecule has 6 aromatic rings. The molecule has 0 spiro atoms. The van der Waals surface area contributed by atoms with Gasteiger partial charge in [-0.25, -0.2) is 19.2 Å². The minimum Gasteiger partial charge on any atom is -0.543 e. The normalized spacial score (nSPS) is 22.7. The van der Waals surface area contributed by atoms with Crippen LogP contribution >= 0.6 is 11.3 Å². The molecule has 2 unspecified atom stereocenters. The van der Waals surface area contributed by atoms with Gasteiger partial charge >= 0.3 is 6.03 Å². The summed E-state index contributed by atoms with van der Waals surface area (Å²) in [7, 11) is 0. The summed E-state index contributed by atoms with van der Waals surface area (Å²) in [5.74, 6) is -2.88. The maximum atomic E-state index is 14.0. The zero-order chi connectivity index (χ0) is 69.3. The first-order valence-corrected chi connectivity index (χ1v) is 35.0. The van der Waals surface area contributed by atoms with Gasteiger partial charge in [0.1, 0.15) is 36.8 Å². The fraction of sp³-hybridized carbons (Fsp3) is 0.521. The zero-order valence-corrected chi connectivity index (χ0v) is 57.4. The number of hydrogen-bond donors (Lipinski definition) is 6. The van der Waals surface area contributed by atoms with E-state index < -0.39 is 53.6 Å². The highest BCUT2D eigenvalue weighted by Crippen LogP contribution is 2.72. The molecule has 520 valence electrons. The SMILES string of the molecule is Cc1c(Nc2nc3cc(F)ccc3s2)nnc2c1CCCN2c1ccc(-c2cnn(CC34CC5(C)CC(C)(C3)CC(OCC[N+]3(Cc6ccc(NC(=O)[C@H](CCCNC(N)=O)NC(=O)[C@@H](NC(=O)CCOCCN7C(=O)C=CC7=O)C(C)C)cc6)CCCC3)(C5)C4)c2C)c(C(=O)[O-])n1. The number of thiazole rings is 1. The Balaban J connectivity index is 0.671. The molecule has 0 radical (unpaired) electrons. The van der Waals surface area contributed by atoms with Crippen molar-refractivity contribution in [3.05, 3.63) is 107 Å². The molecule has 7 heterocycles. The number of nitrogens with two attached hydrogens (primary N) is 1. The number of carbonyl (C=O) groups excluding carboxylic acids is 7. The molecule has 27 heteroatoms. The lowest BCUT2D eigenvalue weighted by atomic mass is 9.39. The number of pyridine rings is 1. The van der Waals surface area contributed by atoms with E-state index in [-0.39, 0.29) is 78.4 Å². The number of hydrogen-bond acceptors (Lipinski definition) is 18. The summed E-state index contributed by atoms with van der Waals surface area (Å²) in [5.41, 5.74) is 10.9. The summed E-state index contributed by atoms with van der Waals surface area (Å²) in [6, 6.07) is 13.2. The van der Waals surface area contributed by atoms with E-state index in [1.807, 2.05) is 49.1 Å². The highest BCUT2D eigenvalue weighted by molar-refractivity contribution is 7.22. The number of carboxylic acids is 1. The molecule has 7 aliphatic rings. The number of carbonyl (C=O) groups is 7. The molecule has 7 amide bonds. The molecule has 4 atom stereocenters. The van der Waals surface area contributed by atoms with E-state index in [1.54, 1.807) is 32.2 Å². The van der Waals surface area contributed by atoms with Gasteiger partial charge in [0.05, 0.1) is 73.1 Å². The van der Waals surface area contributed by atoms with Gasteiger partial charge in [0.15, 0.2) is 16.8 Å². The number of likely N-dealkylation sites (tertiary alicyclic amines) is 1. The number of amides is 7. The summed E-state index contributed by atoms with van der Waals surface area (Å²) in [4.78, 5) is 101. The van der Waals surface area contributed by atoms with Gasteiger partial charge < -0.3 is 61.1 Å². The molecule has 7 N–H and O–H groups in total. The Hall–Kier alpha value is -8.79. The van der Waals surface area contributed by atoms with Gasteiger partial charge in [-0.1, -0.05) is 51.2 Å². The number of rotatable bonds is 29. The van der Waals surface area contributed by atoms with Crippen molar-refractivity contribution in [3.8, 4) is 11.1 Å². The summed E-state index contributed by atoms with van der Waals surface area (Å²) >= 11 is 1.40. The van der Waals surface area contributed by atoms with Gasteiger partial charge in [0.25, 0.3) is 11.8 Å². The topological polar surface area (TPSA) is 323 Å². The lowest BCUT2D eigenvalue weighted by Gasteiger charge is -2.69. The second-order valence-electron chi connectivity index (χ2n) is 29.2. The summed E-state index contributed by atoms with van der Waals surface area (Å²) in [6.07, 6.45) is 14.4. The smallest absolute Gasteiger partial charge is 0.312 e. The Morgan fingerprint density at radius 3 is 2.31 bits per heavy atom. The number of carboxylic acid groups (broad SMARTS) is 1. The number of benzene rings is 2. The van der Waals surface area contributed by atoms with Gasteiger partial charge in [0.2, 0.25) is 17.7 Å². The van der Waals surface area contributed by atoms with Crippen LogP contribution in [0.1, 0.15) is 138 Å². The first-order valence-electron chi connectivity index (χ1n) is 34.2. The number of halogens is 1. The average Bonchev–Trinajstić information content (AvgIpc) is 0.873. The number of quaternary nitrogens is 1. The van der Waals surface area contributed by atoms with Gasteiger partial charge in [0, 0.05) is 96.3 Å². The first kappa shape index (κ1) is 69.1. The van der Waals surface area contributed by atoms with Crippen molar-refractivity contribution in [2.24, 2.45) is 27.9 Å². The standard InChI is InChI=1S/C71H88FN15O10S/c1-43(2)59(80-56(88)23-30-96-31-26-85-57(89)21-22-58(85)90)64(92)77-52(12-9-24-74-66(73)95)63(91)76-48-16-13-46(14-17-48)35-87(27-7-8-28-87)29-32-97-71-39-68(5)36-69(6,40-71)38-70(37-68,41-71)42-86-45(4)51(34-75-86)50-18-20-55(79-60(50)65(93)94)84-25-10-11-49-44(3)61(82-83-62(49)84)81-67-78-53-33-47(72)15-19-54(53)98-67/h13-22,33-34,43,52,59H,7-12,23-32,35-42H2,1-6H3,(H7-,73,74,76,77,78,80,81,82,88,91,92,93,94,95)/t52-,59-,68?,69?,70?,71?/m0/s1. The quantitative estimate of drug-likeness (QED) is 0.0150. The number of aromatic carboxylic acids is 1. The number of nitrogens with zero attached hydrogens (tertiary/aromatic N) is 9. The third kappa shape index (κ3) is 15.2. The van der Waals surface area contributed by atoms with E-state index >= 15 is 0 Å². The molecule has 1 saturated heterocycles. The Labute approximate surface area is 572 Å². The lowest BCUT2D eigenvalue weighted by molar-refractivity contribution is -0.930. The molecule has 2 aromatic carbocycles. The maximum Gasteiger partial charge on any atom is 0.312 e. The zero-order valence-electron chi connectivity index (χ0n) is 56.6. The van der Waals surface area contributed by atoms with Gasteiger partial charge in [-0.2, -0.15) is 5.10 Å². The predicted molar refractivity (Wildman–Crippen MR) is 364 cm³/mol. The number of imide groups is 1. The van der Waals surface area contributed by atoms with Crippen molar-refractivity contribution in [1.82, 2.24) is 50.8 Å². The summed E-state index contributed by atoms with van der Waals surface area (Å²) < 4.78 is 30.6. The Morgan fingerprint density at radius 2 is 1.59 bits per heavy atom. The molecular weight excluding hydrogens is 1270 g/mol. The van der Waals surface area contributed by atoms with Crippen molar-refractivity contribution < 1.29 is 57.0 Å². The molecule has 13 rings (SSSR count). The molecule has 5 fully saturated rings. The van der Waals surface area contributed by atoms with E-state index in [0.29, 0.717) is 71.0 Å². The van der Waals surface area contributed by atoms with Crippen LogP contribution in [0.15, 0.2) is 72.9 Å². The monoisotopic (exact) mass is 1360 g/mol. The molecular formula is C71H88FN15O10S. The Bertz CT molecular complexity index is 4060. The predicted octanol–water partition coefficient (Wildman–Crippen LogP) is 7.58. The van der Waals surface area contributed by atoms with Gasteiger partial charge in [-0.05, 0) is 137 Å². The number of fused-ring (bicyclic) bond motifs is 2. The molecule has 4 saturated carbocycles. The number of urea groups is 1. The Kier molecular flexibility index (Phi) is 19.9. The number of anilines is 5. The van der Waals surface area contributed by atoms with E-state index in [0.717, 1.165) is 127 Å². The van der Waals surface area contributed by atoms with Crippen LogP contribution in [0, 0.1) is 41.8 Å². The Morgan fingerprint density at radius 1 is 0.847 bits per heavy atom. The number of aromatic nitrogens is 6. The van der Waals surface area contributed by atoms with E-state index in [4.69, 9.17) is 25.3 Å². The van der Waals surface area contributed by atoms with Crippen molar-refractivity contribution in [2.75, 3.05) is 74.6 Å². The highest BCUT2D eigenvalue weighted by atomic mass is 32.1. The van der Waals surface area contributed by atoms with E-state index in [9.17, 15) is 43.1 Å². The van der Waals surface area contributed by atoms with Crippen LogP contribution in [0.3, 0.4) is 0 Å². The fourth-order valence-corrected chi connectivity index (χ4v) is 18.3. The number of ether oxygens (including phenoxy) is 2. The van der Waals surface area contributed by atoms with Crippen molar-refractivity contribution in [3.63, 3.8) is 0 Å². The third-order valence-electron chi connectivity index (χ3n) is 20.8. The number of nitrogens with one attached hydrogen (secondary N) is 5. The maximum absolute atomic E-state index is 14.0. The van der Waals surface area contributed by atoms with Crippen LogP contribution in [0.2, 0.25) is 0 Å². The third-order valence-corrected chi connectivity index (χ3v) is 21.7. The van der Waals surface area contributed by atoms with Crippen LogP contribution in [0.4, 0.5) is 37.5 Å². The largest absolute Gasteiger partial charge is 0.543 e. The second kappa shape index (κ2) is 28.2. The second-order valence-corrected chi connectivity index (χ2v) is 30.3. The average molecular weight is 1360 g/mol. The van der Waals surface area contributed by atoms with E-state index in [2.05, 4.69) is 60.3 Å². The van der Waals surface area contributed by atoms with Gasteiger partial charge in [-0.15, -0.1) is 10.2 Å². The minimum atomic E-state index is -1.39. The molecule has 3 aliphatic heterocycles. The van der Waals surface area contributed by atoms with Crippen LogP contribution < -0.4 is 42.3 Å². The van der Waals surface area contributed by atoms with Crippen LogP contribution in [0.25, 0.3) is 21.3 Å². The molecule has 25 nitrogen and oxygen atoms in total. The van der Waals surface area contributed by atoms with E-state index in [1.165, 1.54) is 35.6 Å². The lowest BCUT2D eigenvalue weighted by Crippen LogP contribution is -2.64. The summed E-state index contributed by atoms with van der Waals surface area (Å²) in [6.45, 7) is 18.2. The van der Waals surface area contributed by atoms with Gasteiger partial charge in [-0.3, -0.25) is 33.6 Å². The first-order chi connectivity index (χ1) is 46.8. The minimum absolute atomic E-state index is 0.0115. The highest BCUT2D eigenvalue weighted by Gasteiger charge is 2.66.